The molecule has 4 saturated carbocycles. The lowest BCUT2D eigenvalue weighted by Gasteiger charge is -2.67. The summed E-state index contributed by atoms with van der Waals surface area (Å²) >= 11 is 0. The molecule has 17 heteroatoms. The molecule has 0 saturated heterocycles. The summed E-state index contributed by atoms with van der Waals surface area (Å²) in [6, 6.07) is 2.92. The van der Waals surface area contributed by atoms with Gasteiger partial charge in [-0.1, -0.05) is 5.21 Å². The Hall–Kier alpha value is -4.20. The number of nitrogens with zero attached hydrogens (tertiary/aromatic N) is 7. The van der Waals surface area contributed by atoms with E-state index < -0.39 is 54.9 Å². The third-order valence-electron chi connectivity index (χ3n) is 9.16. The van der Waals surface area contributed by atoms with E-state index in [-0.39, 0.29) is 53.4 Å². The molecule has 2 bridgehead atoms. The molecule has 2 amide bonds. The minimum absolute atomic E-state index is 0.0552. The number of nitrogens with one attached hydrogen (secondary N) is 2. The lowest BCUT2D eigenvalue weighted by atomic mass is 9.36. The van der Waals surface area contributed by atoms with Crippen LogP contribution in [0.3, 0.4) is 0 Å². The topological polar surface area (TPSA) is 163 Å². The molecular formula is C28H30F5N9O3. The number of imidazole rings is 1. The van der Waals surface area contributed by atoms with Crippen molar-refractivity contribution < 1.29 is 36.6 Å². The Morgan fingerprint density at radius 1 is 1.16 bits per heavy atom. The second-order valence-electron chi connectivity index (χ2n) is 12.7. The van der Waals surface area contributed by atoms with Gasteiger partial charge in [0.05, 0.1) is 48.2 Å². The third-order valence-corrected chi connectivity index (χ3v) is 9.16. The van der Waals surface area contributed by atoms with Gasteiger partial charge in [-0.3, -0.25) is 9.59 Å². The molecule has 45 heavy (non-hydrogen) atoms. The summed E-state index contributed by atoms with van der Waals surface area (Å²) in [4.78, 5) is 30.0. The summed E-state index contributed by atoms with van der Waals surface area (Å²) in [5, 5.41) is 36.9. The van der Waals surface area contributed by atoms with Gasteiger partial charge >= 0.3 is 6.18 Å². The molecule has 7 rings (SSSR count). The molecule has 4 aliphatic rings. The first-order valence-corrected chi connectivity index (χ1v) is 14.6. The van der Waals surface area contributed by atoms with E-state index in [1.807, 2.05) is 0 Å². The van der Waals surface area contributed by atoms with Gasteiger partial charge in [-0.05, 0) is 49.5 Å². The number of aliphatic hydroxyl groups excluding tert-OH is 1. The molecule has 4 fully saturated rings. The molecule has 3 aromatic rings. The SMILES string of the molecule is N#CC12CC(Cn3nncc3C(=O)N[C@H](c3cn4ncc([C@@H](O)NC(=O)CCC(F)(F)F)cc4n3)C3CCC(F)(F)CC3)(C1)C2. The van der Waals surface area contributed by atoms with Crippen LogP contribution in [-0.4, -0.2) is 58.6 Å². The van der Waals surface area contributed by atoms with Crippen LogP contribution >= 0.6 is 0 Å². The number of amides is 2. The van der Waals surface area contributed by atoms with Crippen LogP contribution < -0.4 is 10.6 Å². The summed E-state index contributed by atoms with van der Waals surface area (Å²) in [7, 11) is 0. The van der Waals surface area contributed by atoms with E-state index in [1.165, 1.54) is 33.9 Å². The second-order valence-corrected chi connectivity index (χ2v) is 12.7. The maximum Gasteiger partial charge on any atom is 0.389 e. The number of aromatic nitrogens is 6. The van der Waals surface area contributed by atoms with Gasteiger partial charge in [0.2, 0.25) is 11.8 Å². The van der Waals surface area contributed by atoms with Gasteiger partial charge in [0, 0.05) is 31.4 Å². The van der Waals surface area contributed by atoms with Crippen LogP contribution in [0.4, 0.5) is 22.0 Å². The fourth-order valence-electron chi connectivity index (χ4n) is 6.97. The first-order valence-electron chi connectivity index (χ1n) is 14.6. The molecule has 3 aromatic heterocycles. The van der Waals surface area contributed by atoms with Crippen molar-refractivity contribution >= 4 is 17.5 Å². The van der Waals surface area contributed by atoms with Crippen molar-refractivity contribution in [2.45, 2.75) is 88.7 Å². The highest BCUT2D eigenvalue weighted by Gasteiger charge is 2.68. The monoisotopic (exact) mass is 635 g/mol. The zero-order valence-electron chi connectivity index (χ0n) is 23.9. The van der Waals surface area contributed by atoms with Gasteiger partial charge in [0.1, 0.15) is 5.69 Å². The van der Waals surface area contributed by atoms with Crippen LogP contribution in [0.5, 0.6) is 0 Å². The highest BCUT2D eigenvalue weighted by atomic mass is 19.4. The predicted octanol–water partition coefficient (Wildman–Crippen LogP) is 3.76. The first-order chi connectivity index (χ1) is 21.2. The largest absolute Gasteiger partial charge is 0.389 e. The average molecular weight is 636 g/mol. The number of carbonyl (C=O) groups is 2. The average Bonchev–Trinajstić information content (AvgIpc) is 3.58. The van der Waals surface area contributed by atoms with Gasteiger partial charge in [0.25, 0.3) is 5.91 Å². The summed E-state index contributed by atoms with van der Waals surface area (Å²) in [5.41, 5.74) is 0.378. The van der Waals surface area contributed by atoms with Crippen LogP contribution in [0.25, 0.3) is 5.65 Å². The van der Waals surface area contributed by atoms with E-state index in [4.69, 9.17) is 0 Å². The van der Waals surface area contributed by atoms with E-state index in [2.05, 4.69) is 37.1 Å². The van der Waals surface area contributed by atoms with Crippen LogP contribution in [0.2, 0.25) is 0 Å². The number of aliphatic hydroxyl groups is 1. The molecular weight excluding hydrogens is 605 g/mol. The Bertz CT molecular complexity index is 1630. The minimum atomic E-state index is -4.52. The van der Waals surface area contributed by atoms with Gasteiger partial charge < -0.3 is 15.7 Å². The van der Waals surface area contributed by atoms with Gasteiger partial charge in [0.15, 0.2) is 11.9 Å². The van der Waals surface area contributed by atoms with Crippen molar-refractivity contribution in [1.29, 1.82) is 5.26 Å². The quantitative estimate of drug-likeness (QED) is 0.224. The van der Waals surface area contributed by atoms with Gasteiger partial charge in [-0.2, -0.15) is 23.5 Å². The number of halogens is 5. The van der Waals surface area contributed by atoms with Crippen molar-refractivity contribution in [3.8, 4) is 6.07 Å². The number of hydrogen-bond donors (Lipinski definition) is 3. The molecule has 0 aliphatic heterocycles. The smallest absolute Gasteiger partial charge is 0.369 e. The number of nitriles is 1. The number of alkyl halides is 5. The lowest BCUT2D eigenvalue weighted by molar-refractivity contribution is -0.174. The fraction of sp³-hybridized carbons (Fsp3) is 0.607. The van der Waals surface area contributed by atoms with E-state index >= 15 is 0 Å². The van der Waals surface area contributed by atoms with E-state index in [0.717, 1.165) is 19.3 Å². The van der Waals surface area contributed by atoms with Crippen LogP contribution in [0.15, 0.2) is 24.7 Å². The number of carbonyl (C=O) groups excluding carboxylic acids is 2. The highest BCUT2D eigenvalue weighted by Crippen LogP contribution is 2.73. The Labute approximate surface area is 253 Å². The maximum atomic E-state index is 14.1. The van der Waals surface area contributed by atoms with Crippen LogP contribution in [0.1, 0.15) is 91.8 Å². The number of fused-ring (bicyclic) bond motifs is 1. The standard InChI is InChI=1S/C28H30F5N9O3/c29-27(30)4-1-16(2-5-27)22(39-24(45)19-9-35-40-42(19)15-26-11-25(12-26,13-26)14-34)18-10-41-20(37-18)7-17(8-36-41)23(44)38-21(43)3-6-28(31,32)33/h7-10,16,22-23,44H,1-6,11-13,15H2,(H,38,43)(H,39,45)/t22-,23+,25?,26?/m0/s1. The zero-order valence-corrected chi connectivity index (χ0v) is 23.9. The van der Waals surface area contributed by atoms with Gasteiger partial charge in [-0.25, -0.2) is 23.0 Å². The second kappa shape index (κ2) is 11.0. The predicted molar refractivity (Wildman–Crippen MR) is 143 cm³/mol. The van der Waals surface area contributed by atoms with E-state index in [0.29, 0.717) is 12.2 Å². The fourth-order valence-corrected chi connectivity index (χ4v) is 6.97. The molecule has 0 spiro atoms. The van der Waals surface area contributed by atoms with E-state index in [1.54, 1.807) is 0 Å². The molecule has 0 unspecified atom stereocenters. The van der Waals surface area contributed by atoms with Crippen molar-refractivity contribution in [1.82, 2.24) is 40.2 Å². The first kappa shape index (κ1) is 30.8. The summed E-state index contributed by atoms with van der Waals surface area (Å²) < 4.78 is 68.3. The van der Waals surface area contributed by atoms with Gasteiger partial charge in [-0.15, -0.1) is 5.10 Å². The van der Waals surface area contributed by atoms with Crippen molar-refractivity contribution in [2.24, 2.45) is 16.7 Å². The molecule has 0 radical (unpaired) electrons. The van der Waals surface area contributed by atoms with Crippen molar-refractivity contribution in [2.75, 3.05) is 0 Å². The summed E-state index contributed by atoms with van der Waals surface area (Å²) in [6.45, 7) is 0.426. The Balaban J connectivity index is 1.20. The normalized spacial score (nSPS) is 25.4. The summed E-state index contributed by atoms with van der Waals surface area (Å²) in [5.74, 6) is -4.74. The molecule has 240 valence electrons. The third kappa shape index (κ3) is 6.33. The highest BCUT2D eigenvalue weighted by molar-refractivity contribution is 5.92. The lowest BCUT2D eigenvalue weighted by Crippen LogP contribution is -2.62. The van der Waals surface area contributed by atoms with E-state index in [9.17, 15) is 41.9 Å². The zero-order chi connectivity index (χ0) is 32.2. The van der Waals surface area contributed by atoms with Crippen molar-refractivity contribution in [3.63, 3.8) is 0 Å². The molecule has 0 aromatic carbocycles. The molecule has 12 nitrogen and oxygen atoms in total. The van der Waals surface area contributed by atoms with Crippen LogP contribution in [0, 0.1) is 28.1 Å². The Kier molecular flexibility index (Phi) is 7.53. The molecule has 3 N–H and O–H groups in total. The van der Waals surface area contributed by atoms with Crippen molar-refractivity contribution in [3.05, 3.63) is 41.6 Å². The van der Waals surface area contributed by atoms with Crippen LogP contribution in [-0.2, 0) is 11.3 Å². The summed E-state index contributed by atoms with van der Waals surface area (Å²) in [6.07, 6.45) is -2.62. The molecule has 2 atom stereocenters. The number of hydrogen-bond acceptors (Lipinski definition) is 8. The number of rotatable bonds is 10. The molecule has 3 heterocycles. The minimum Gasteiger partial charge on any atom is -0.369 e. The maximum absolute atomic E-state index is 14.1. The molecule has 4 aliphatic carbocycles. The Morgan fingerprint density at radius 2 is 1.87 bits per heavy atom. The Morgan fingerprint density at radius 3 is 2.53 bits per heavy atom.